The molecular weight excluding hydrogens is 536 g/mol. The van der Waals surface area contributed by atoms with Crippen LogP contribution in [0, 0.1) is 11.8 Å². The third-order valence-electron chi connectivity index (χ3n) is 8.87. The number of fused-ring (bicyclic) bond motifs is 2. The number of morpholine rings is 1. The molecule has 0 spiro atoms. The number of carbonyl (C=O) groups is 1. The van der Waals surface area contributed by atoms with E-state index in [9.17, 15) is 4.79 Å². The lowest BCUT2D eigenvalue weighted by molar-refractivity contribution is -0.124. The Morgan fingerprint density at radius 2 is 1.97 bits per heavy atom. The number of carbonyl (C=O) groups excluding carboxylic acids is 1. The van der Waals surface area contributed by atoms with Crippen LogP contribution in [0.2, 0.25) is 5.02 Å². The summed E-state index contributed by atoms with van der Waals surface area (Å²) in [4.78, 5) is 18.7. The van der Waals surface area contributed by atoms with Crippen LogP contribution in [0.25, 0.3) is 17.4 Å². The first-order valence-corrected chi connectivity index (χ1v) is 15.6. The Morgan fingerprint density at radius 1 is 1.18 bits per heavy atom. The minimum absolute atomic E-state index is 0.0488. The van der Waals surface area contributed by atoms with Crippen molar-refractivity contribution in [2.24, 2.45) is 11.8 Å². The van der Waals surface area contributed by atoms with Crippen LogP contribution in [0.4, 0.5) is 0 Å². The third kappa shape index (κ3) is 5.37. The summed E-state index contributed by atoms with van der Waals surface area (Å²) in [5.74, 6) is 2.97. The molecule has 4 fully saturated rings. The molecule has 0 N–H and O–H groups in total. The van der Waals surface area contributed by atoms with Gasteiger partial charge in [0.05, 0.1) is 18.1 Å². The van der Waals surface area contributed by atoms with Gasteiger partial charge in [0.25, 0.3) is 5.91 Å². The maximum Gasteiger partial charge on any atom is 0.266 e. The molecule has 2 aliphatic carbocycles. The van der Waals surface area contributed by atoms with Crippen LogP contribution < -0.4 is 0 Å². The molecule has 8 heteroatoms. The molecule has 202 valence electrons. The fourth-order valence-corrected chi connectivity index (χ4v) is 8.31. The summed E-state index contributed by atoms with van der Waals surface area (Å²) >= 11 is 13.3. The number of nitrogens with zero attached hydrogens (tertiary/aromatic N) is 2. The average Bonchev–Trinajstić information content (AvgIpc) is 3.71. The lowest BCUT2D eigenvalue weighted by Gasteiger charge is -2.34. The van der Waals surface area contributed by atoms with Crippen LogP contribution in [0.15, 0.2) is 39.7 Å². The molecule has 2 bridgehead atoms. The van der Waals surface area contributed by atoms with E-state index in [-0.39, 0.29) is 11.9 Å². The molecule has 1 aromatic heterocycles. The quantitative estimate of drug-likeness (QED) is 0.251. The first-order valence-electron chi connectivity index (χ1n) is 14.0. The van der Waals surface area contributed by atoms with Crippen molar-refractivity contribution in [1.82, 2.24) is 9.80 Å². The van der Waals surface area contributed by atoms with Crippen molar-refractivity contribution >= 4 is 51.9 Å². The lowest BCUT2D eigenvalue weighted by atomic mass is 9.94. The Morgan fingerprint density at radius 3 is 2.66 bits per heavy atom. The number of benzene rings is 1. The van der Waals surface area contributed by atoms with Crippen molar-refractivity contribution in [3.05, 3.63) is 51.6 Å². The second kappa shape index (κ2) is 11.5. The van der Waals surface area contributed by atoms with Gasteiger partial charge < -0.3 is 9.15 Å². The molecule has 1 amide bonds. The van der Waals surface area contributed by atoms with E-state index in [0.29, 0.717) is 26.2 Å². The highest BCUT2D eigenvalue weighted by molar-refractivity contribution is 8.26. The smallest absolute Gasteiger partial charge is 0.266 e. The molecule has 2 saturated carbocycles. The van der Waals surface area contributed by atoms with Crippen LogP contribution in [0.5, 0.6) is 0 Å². The molecule has 38 heavy (non-hydrogen) atoms. The molecule has 4 aliphatic rings. The molecule has 4 atom stereocenters. The normalized spacial score (nSPS) is 27.7. The van der Waals surface area contributed by atoms with Gasteiger partial charge in [0, 0.05) is 41.8 Å². The summed E-state index contributed by atoms with van der Waals surface area (Å²) in [5.41, 5.74) is 2.11. The van der Waals surface area contributed by atoms with Gasteiger partial charge in [-0.3, -0.25) is 14.6 Å². The largest absolute Gasteiger partial charge is 0.456 e. The van der Waals surface area contributed by atoms with Gasteiger partial charge in [0.1, 0.15) is 15.8 Å². The Labute approximate surface area is 239 Å². The number of hydrogen-bond donors (Lipinski definition) is 0. The molecule has 2 aliphatic heterocycles. The molecule has 0 radical (unpaired) electrons. The maximum atomic E-state index is 13.6. The highest BCUT2D eigenvalue weighted by Crippen LogP contribution is 2.49. The summed E-state index contributed by atoms with van der Waals surface area (Å²) in [6.07, 6.45) is 9.81. The third-order valence-corrected chi connectivity index (χ3v) is 10.5. The fraction of sp³-hybridized carbons (Fsp3) is 0.533. The minimum atomic E-state index is 0.0488. The molecular formula is C30H35ClN2O3S2. The lowest BCUT2D eigenvalue weighted by Crippen LogP contribution is -2.43. The Kier molecular flexibility index (Phi) is 8.01. The molecule has 2 saturated heterocycles. The molecule has 6 rings (SSSR count). The molecule has 2 aromatic rings. The van der Waals surface area contributed by atoms with E-state index in [1.54, 1.807) is 0 Å². The van der Waals surface area contributed by atoms with Crippen LogP contribution in [0.3, 0.4) is 0 Å². The van der Waals surface area contributed by atoms with Gasteiger partial charge in [-0.15, -0.1) is 0 Å². The van der Waals surface area contributed by atoms with E-state index in [1.807, 2.05) is 35.2 Å². The number of amides is 1. The molecule has 1 aromatic carbocycles. The van der Waals surface area contributed by atoms with E-state index in [1.165, 1.54) is 31.0 Å². The van der Waals surface area contributed by atoms with Crippen LogP contribution in [0.1, 0.15) is 56.8 Å². The molecule has 4 unspecified atom stereocenters. The standard InChI is InChI=1S/C30H35ClN2O3S2/c1-2-24(32-11-13-35-14-12-32)10-7-22-17-26(20-5-8-23(31)9-6-20)36-27(22)18-28-29(34)33(30(37)38-28)25-16-19-3-4-21(25)15-19/h5-6,8-9,17-19,21,24-25H,2-4,7,10-16H2,1H3/b28-18-. The van der Waals surface area contributed by atoms with E-state index >= 15 is 0 Å². The summed E-state index contributed by atoms with van der Waals surface area (Å²) < 4.78 is 12.7. The number of thioether (sulfide) groups is 1. The van der Waals surface area contributed by atoms with E-state index in [4.69, 9.17) is 33.0 Å². The van der Waals surface area contributed by atoms with Crippen molar-refractivity contribution in [3.8, 4) is 11.3 Å². The van der Waals surface area contributed by atoms with Gasteiger partial charge in [0.2, 0.25) is 0 Å². The minimum Gasteiger partial charge on any atom is -0.456 e. The Bertz CT molecular complexity index is 1220. The predicted molar refractivity (Wildman–Crippen MR) is 158 cm³/mol. The predicted octanol–water partition coefficient (Wildman–Crippen LogP) is 7.03. The van der Waals surface area contributed by atoms with Gasteiger partial charge >= 0.3 is 0 Å². The van der Waals surface area contributed by atoms with Crippen molar-refractivity contribution in [3.63, 3.8) is 0 Å². The highest BCUT2D eigenvalue weighted by atomic mass is 35.5. The number of halogens is 1. The first-order chi connectivity index (χ1) is 18.5. The summed E-state index contributed by atoms with van der Waals surface area (Å²) in [5, 5.41) is 0.696. The van der Waals surface area contributed by atoms with Crippen LogP contribution in [-0.4, -0.2) is 58.4 Å². The summed E-state index contributed by atoms with van der Waals surface area (Å²) in [6, 6.07) is 10.6. The van der Waals surface area contributed by atoms with Crippen molar-refractivity contribution in [1.29, 1.82) is 0 Å². The summed E-state index contributed by atoms with van der Waals surface area (Å²) in [7, 11) is 0. The first kappa shape index (κ1) is 26.6. The van der Waals surface area contributed by atoms with Crippen LogP contribution in [-0.2, 0) is 16.0 Å². The second-order valence-corrected chi connectivity index (χ2v) is 13.2. The number of rotatable bonds is 8. The van der Waals surface area contributed by atoms with Gasteiger partial charge in [0.15, 0.2) is 0 Å². The molecule has 3 heterocycles. The van der Waals surface area contributed by atoms with E-state index in [2.05, 4.69) is 17.9 Å². The monoisotopic (exact) mass is 570 g/mol. The zero-order valence-corrected chi connectivity index (χ0v) is 24.3. The molecule has 5 nitrogen and oxygen atoms in total. The number of aryl methyl sites for hydroxylation is 1. The second-order valence-electron chi connectivity index (χ2n) is 11.1. The van der Waals surface area contributed by atoms with Crippen molar-refractivity contribution in [2.45, 2.75) is 64.0 Å². The van der Waals surface area contributed by atoms with Gasteiger partial charge in [-0.1, -0.05) is 48.9 Å². The number of ether oxygens (including phenoxy) is 1. The van der Waals surface area contributed by atoms with E-state index in [0.717, 1.165) is 80.6 Å². The van der Waals surface area contributed by atoms with Crippen molar-refractivity contribution in [2.75, 3.05) is 26.3 Å². The highest BCUT2D eigenvalue weighted by Gasteiger charge is 2.48. The fourth-order valence-electron chi connectivity index (χ4n) is 6.84. The summed E-state index contributed by atoms with van der Waals surface area (Å²) in [6.45, 7) is 5.84. The van der Waals surface area contributed by atoms with Gasteiger partial charge in [-0.25, -0.2) is 0 Å². The van der Waals surface area contributed by atoms with Gasteiger partial charge in [-0.05, 0) is 86.3 Å². The van der Waals surface area contributed by atoms with Crippen molar-refractivity contribution < 1.29 is 13.9 Å². The number of hydrogen-bond acceptors (Lipinski definition) is 6. The van der Waals surface area contributed by atoms with Gasteiger partial charge in [-0.2, -0.15) is 0 Å². The Hall–Kier alpha value is -1.64. The van der Waals surface area contributed by atoms with Crippen LogP contribution >= 0.6 is 35.6 Å². The average molecular weight is 571 g/mol. The topological polar surface area (TPSA) is 45.9 Å². The SMILES string of the molecule is CCC(CCc1cc(-c2ccc(Cl)cc2)oc1/C=C1\SC(=S)N(C2CC3CCC2C3)C1=O)N1CCOCC1. The number of thiocarbonyl (C=S) groups is 1. The zero-order chi connectivity index (χ0) is 26.2. The zero-order valence-electron chi connectivity index (χ0n) is 21.9. The maximum absolute atomic E-state index is 13.6. The number of furan rings is 1. The van der Waals surface area contributed by atoms with E-state index < -0.39 is 0 Å². The Balaban J connectivity index is 1.26.